The van der Waals surface area contributed by atoms with Gasteiger partial charge in [-0.2, -0.15) is 0 Å². The van der Waals surface area contributed by atoms with Crippen LogP contribution >= 0.6 is 0 Å². The van der Waals surface area contributed by atoms with Crippen LogP contribution in [0.4, 0.5) is 0 Å². The maximum atomic E-state index is 12.9. The average molecular weight is 349 g/mol. The van der Waals surface area contributed by atoms with Crippen molar-refractivity contribution in [2.24, 2.45) is 5.29 Å². The number of rotatable bonds is 6. The average Bonchev–Trinajstić information content (AvgIpc) is 3.08. The fraction of sp³-hybridized carbons (Fsp3) is 0.105. The summed E-state index contributed by atoms with van der Waals surface area (Å²) in [5.74, 6) is -1.19. The maximum absolute atomic E-state index is 12.9. The minimum atomic E-state index is -0.773. The predicted octanol–water partition coefficient (Wildman–Crippen LogP) is 3.49. The number of carbonyl (C=O) groups is 2. The van der Waals surface area contributed by atoms with Gasteiger partial charge in [-0.3, -0.25) is 4.79 Å². The van der Waals surface area contributed by atoms with Crippen molar-refractivity contribution in [2.75, 3.05) is 6.61 Å². The van der Waals surface area contributed by atoms with Crippen molar-refractivity contribution in [2.45, 2.75) is 6.92 Å². The molecule has 3 rings (SSSR count). The highest BCUT2D eigenvalue weighted by Crippen LogP contribution is 2.30. The molecule has 0 N–H and O–H groups in total. The molecule has 0 bridgehead atoms. The van der Waals surface area contributed by atoms with E-state index in [4.69, 9.17) is 4.74 Å². The molecular weight excluding hydrogens is 334 g/mol. The molecule has 0 atom stereocenters. The first-order valence-electron chi connectivity index (χ1n) is 7.96. The van der Waals surface area contributed by atoms with Crippen LogP contribution in [0, 0.1) is 4.91 Å². The molecule has 7 heteroatoms. The van der Waals surface area contributed by atoms with Gasteiger partial charge < -0.3 is 4.74 Å². The molecular formula is C19H15N3O4. The molecule has 1 heterocycles. The molecule has 2 aromatic carbocycles. The molecule has 7 nitrogen and oxygen atoms in total. The molecule has 0 radical (unpaired) electrons. The maximum Gasteiger partial charge on any atom is 0.359 e. The van der Waals surface area contributed by atoms with Crippen LogP contribution in [0.3, 0.4) is 0 Å². The van der Waals surface area contributed by atoms with Crippen molar-refractivity contribution in [3.05, 3.63) is 82.5 Å². The number of ketones is 1. The van der Waals surface area contributed by atoms with E-state index in [2.05, 4.69) is 10.4 Å². The molecule has 0 aliphatic carbocycles. The van der Waals surface area contributed by atoms with Gasteiger partial charge in [-0.1, -0.05) is 60.7 Å². The van der Waals surface area contributed by atoms with Gasteiger partial charge in [0.25, 0.3) is 0 Å². The van der Waals surface area contributed by atoms with Gasteiger partial charge >= 0.3 is 5.97 Å². The summed E-state index contributed by atoms with van der Waals surface area (Å²) in [7, 11) is 0. The lowest BCUT2D eigenvalue weighted by Gasteiger charge is -2.06. The quantitative estimate of drug-likeness (QED) is 0.386. The first-order chi connectivity index (χ1) is 12.7. The van der Waals surface area contributed by atoms with Crippen molar-refractivity contribution < 1.29 is 14.3 Å². The summed E-state index contributed by atoms with van der Waals surface area (Å²) >= 11 is 0. The van der Waals surface area contributed by atoms with Crippen molar-refractivity contribution in [3.63, 3.8) is 0 Å². The van der Waals surface area contributed by atoms with Crippen LogP contribution in [0.25, 0.3) is 11.1 Å². The third-order valence-corrected chi connectivity index (χ3v) is 3.73. The number of nitrogens with zero attached hydrogens (tertiary/aromatic N) is 3. The molecule has 26 heavy (non-hydrogen) atoms. The molecule has 0 saturated heterocycles. The lowest BCUT2D eigenvalue weighted by Crippen LogP contribution is -2.11. The zero-order valence-corrected chi connectivity index (χ0v) is 14.0. The second kappa shape index (κ2) is 7.52. The van der Waals surface area contributed by atoms with E-state index in [0.29, 0.717) is 15.9 Å². The fourth-order valence-electron chi connectivity index (χ4n) is 2.61. The van der Waals surface area contributed by atoms with E-state index in [0.717, 1.165) is 0 Å². The van der Waals surface area contributed by atoms with E-state index < -0.39 is 11.8 Å². The van der Waals surface area contributed by atoms with Gasteiger partial charge in [-0.05, 0) is 12.5 Å². The Morgan fingerprint density at radius 3 is 2.23 bits per heavy atom. The number of ether oxygens (including phenoxy) is 1. The molecule has 0 aliphatic rings. The van der Waals surface area contributed by atoms with Crippen molar-refractivity contribution in [1.29, 1.82) is 0 Å². The van der Waals surface area contributed by atoms with Crippen molar-refractivity contribution >= 4 is 11.8 Å². The minimum Gasteiger partial charge on any atom is -0.461 e. The molecule has 0 spiro atoms. The molecule has 130 valence electrons. The molecule has 0 unspecified atom stereocenters. The Kier molecular flexibility index (Phi) is 4.98. The third kappa shape index (κ3) is 3.14. The van der Waals surface area contributed by atoms with Gasteiger partial charge in [-0.25, -0.2) is 4.79 Å². The zero-order valence-electron chi connectivity index (χ0n) is 14.0. The van der Waals surface area contributed by atoms with Crippen LogP contribution in [0.15, 0.2) is 65.9 Å². The Balaban J connectivity index is 2.26. The van der Waals surface area contributed by atoms with Gasteiger partial charge in [0.05, 0.1) is 11.9 Å². The van der Waals surface area contributed by atoms with Crippen LogP contribution in [0.2, 0.25) is 0 Å². The third-order valence-electron chi connectivity index (χ3n) is 3.73. The Labute approximate surface area is 149 Å². The van der Waals surface area contributed by atoms with E-state index in [1.807, 2.05) is 0 Å². The molecule has 0 amide bonds. The van der Waals surface area contributed by atoms with Crippen LogP contribution < -0.4 is 0 Å². The zero-order chi connectivity index (χ0) is 18.5. The summed E-state index contributed by atoms with van der Waals surface area (Å²) < 4.78 is 5.02. The molecule has 1 aromatic heterocycles. The number of esters is 1. The summed E-state index contributed by atoms with van der Waals surface area (Å²) in [4.78, 5) is 37.2. The summed E-state index contributed by atoms with van der Waals surface area (Å²) in [6.45, 7) is 1.75. The number of benzene rings is 2. The summed E-state index contributed by atoms with van der Waals surface area (Å²) in [6, 6.07) is 17.2. The summed E-state index contributed by atoms with van der Waals surface area (Å²) in [5.41, 5.74) is 0.954. The number of aromatic nitrogens is 2. The molecule has 0 saturated carbocycles. The highest BCUT2D eigenvalue weighted by Gasteiger charge is 2.30. The van der Waals surface area contributed by atoms with E-state index >= 15 is 0 Å². The van der Waals surface area contributed by atoms with Gasteiger partial charge in [0, 0.05) is 11.1 Å². The lowest BCUT2D eigenvalue weighted by atomic mass is 9.98. The Bertz CT molecular complexity index is 950. The van der Waals surface area contributed by atoms with Gasteiger partial charge in [0.15, 0.2) is 5.69 Å². The Hall–Kier alpha value is -3.61. The van der Waals surface area contributed by atoms with E-state index in [1.165, 1.54) is 0 Å². The van der Waals surface area contributed by atoms with Gasteiger partial charge in [-0.15, -0.1) is 14.8 Å². The van der Waals surface area contributed by atoms with Gasteiger partial charge in [0.2, 0.25) is 5.78 Å². The predicted molar refractivity (Wildman–Crippen MR) is 94.7 cm³/mol. The first-order valence-corrected chi connectivity index (χ1v) is 7.96. The minimum absolute atomic E-state index is 0.0370. The number of hydrogen-bond acceptors (Lipinski definition) is 6. The number of carbonyl (C=O) groups excluding carboxylic acids is 2. The lowest BCUT2D eigenvalue weighted by molar-refractivity contribution is 0.0514. The van der Waals surface area contributed by atoms with Crippen molar-refractivity contribution in [3.8, 4) is 11.1 Å². The van der Waals surface area contributed by atoms with Crippen LogP contribution in [-0.2, 0) is 4.74 Å². The second-order valence-corrected chi connectivity index (χ2v) is 5.32. The van der Waals surface area contributed by atoms with E-state index in [1.54, 1.807) is 67.6 Å². The van der Waals surface area contributed by atoms with Crippen LogP contribution in [-0.4, -0.2) is 28.2 Å². The largest absolute Gasteiger partial charge is 0.461 e. The fourth-order valence-corrected chi connectivity index (χ4v) is 2.61. The topological polar surface area (TPSA) is 90.6 Å². The van der Waals surface area contributed by atoms with E-state index in [-0.39, 0.29) is 23.6 Å². The smallest absolute Gasteiger partial charge is 0.359 e. The second-order valence-electron chi connectivity index (χ2n) is 5.32. The number of nitroso groups, excluding NO2 is 1. The number of hydrogen-bond donors (Lipinski definition) is 0. The normalized spacial score (nSPS) is 10.3. The van der Waals surface area contributed by atoms with E-state index in [9.17, 15) is 14.5 Å². The monoisotopic (exact) mass is 349 g/mol. The summed E-state index contributed by atoms with van der Waals surface area (Å²) in [5, 5.41) is 6.73. The summed E-state index contributed by atoms with van der Waals surface area (Å²) in [6.07, 6.45) is 0. The highest BCUT2D eigenvalue weighted by atomic mass is 16.5. The molecule has 0 fully saturated rings. The molecule has 0 aliphatic heterocycles. The SMILES string of the molecule is CCOC(=O)c1c(-c2ccccc2)c(C(=O)c2ccccc2)nn1N=O. The Morgan fingerprint density at radius 2 is 1.65 bits per heavy atom. The molecule has 3 aromatic rings. The first kappa shape index (κ1) is 17.2. The highest BCUT2D eigenvalue weighted by molar-refractivity contribution is 6.14. The van der Waals surface area contributed by atoms with Gasteiger partial charge in [0.1, 0.15) is 5.69 Å². The van der Waals surface area contributed by atoms with Crippen LogP contribution in [0.1, 0.15) is 33.5 Å². The van der Waals surface area contributed by atoms with Crippen molar-refractivity contribution in [1.82, 2.24) is 9.89 Å². The van der Waals surface area contributed by atoms with Crippen LogP contribution in [0.5, 0.6) is 0 Å². The standard InChI is InChI=1S/C19H15N3O4/c1-2-26-19(24)17-15(13-9-5-3-6-10-13)16(20-22(17)21-25)18(23)14-11-7-4-8-12-14/h3-12H,2H2,1H3. The Morgan fingerprint density at radius 1 is 1.04 bits per heavy atom.